The molecule has 2 heteroatoms. The Balaban J connectivity index is 4.60. The van der Waals surface area contributed by atoms with Crippen molar-refractivity contribution >= 4 is 8.32 Å². The smallest absolute Gasteiger partial charge is 0.196 e. The molecule has 0 radical (unpaired) electrons. The van der Waals surface area contributed by atoms with Crippen LogP contribution >= 0.6 is 0 Å². The Morgan fingerprint density at radius 2 is 0.488 bits per heavy atom. The van der Waals surface area contributed by atoms with Crippen LogP contribution in [0.4, 0.5) is 0 Å². The summed E-state index contributed by atoms with van der Waals surface area (Å²) in [7, 11) is -2.33. The molecule has 0 aromatic rings. The molecule has 0 fully saturated rings. The van der Waals surface area contributed by atoms with Crippen LogP contribution in [0.15, 0.2) is 0 Å². The van der Waals surface area contributed by atoms with Gasteiger partial charge in [0.1, 0.15) is 0 Å². The van der Waals surface area contributed by atoms with Gasteiger partial charge in [-0.05, 0) is 16.6 Å². The minimum absolute atomic E-state index is 0.550. The zero-order chi connectivity index (χ0) is 30.4. The van der Waals surface area contributed by atoms with Gasteiger partial charge < -0.3 is 4.80 Å². The Morgan fingerprint density at radius 3 is 0.683 bits per heavy atom. The molecule has 41 heavy (non-hydrogen) atoms. The minimum Gasteiger partial charge on any atom is -0.431 e. The van der Waals surface area contributed by atoms with Crippen LogP contribution in [0.3, 0.4) is 0 Å². The van der Waals surface area contributed by atoms with Gasteiger partial charge in [0.05, 0.1) is 0 Å². The van der Waals surface area contributed by atoms with E-state index in [0.717, 1.165) is 0 Å². The molecule has 0 aromatic carbocycles. The molecule has 0 heterocycles. The van der Waals surface area contributed by atoms with Crippen molar-refractivity contribution in [3.63, 3.8) is 0 Å². The van der Waals surface area contributed by atoms with E-state index in [0.29, 0.717) is 16.6 Å². The fraction of sp³-hybridized carbons (Fsp3) is 1.00. The summed E-state index contributed by atoms with van der Waals surface area (Å²) in [5, 5.41) is 0. The number of unbranched alkanes of at least 4 members (excludes halogenated alkanes) is 24. The summed E-state index contributed by atoms with van der Waals surface area (Å²) in [6, 6.07) is 0. The van der Waals surface area contributed by atoms with Crippen molar-refractivity contribution in [1.29, 1.82) is 0 Å². The summed E-state index contributed by atoms with van der Waals surface area (Å²) in [6.07, 6.45) is 41.6. The van der Waals surface area contributed by atoms with E-state index >= 15 is 0 Å². The van der Waals surface area contributed by atoms with E-state index in [1.165, 1.54) is 193 Å². The molecule has 0 aliphatic rings. The van der Waals surface area contributed by atoms with Crippen LogP contribution < -0.4 is 0 Å². The van der Waals surface area contributed by atoms with Gasteiger partial charge in [-0.3, -0.25) is 0 Å². The van der Waals surface area contributed by atoms with Crippen molar-refractivity contribution in [2.24, 2.45) is 0 Å². The van der Waals surface area contributed by atoms with Crippen molar-refractivity contribution < 1.29 is 4.80 Å². The molecule has 0 saturated heterocycles. The molecule has 1 nitrogen and oxygen atoms in total. The molecule has 0 saturated carbocycles. The predicted octanol–water partition coefficient (Wildman–Crippen LogP) is 14.9. The first kappa shape index (κ1) is 41.2. The molecule has 3 atom stereocenters. The van der Waals surface area contributed by atoms with E-state index in [2.05, 4.69) is 41.5 Å². The summed E-state index contributed by atoms with van der Waals surface area (Å²) in [5.74, 6) is 0. The van der Waals surface area contributed by atoms with E-state index in [9.17, 15) is 4.80 Å². The van der Waals surface area contributed by atoms with Crippen molar-refractivity contribution in [1.82, 2.24) is 0 Å². The quantitative estimate of drug-likeness (QED) is 0.0592. The fourth-order valence-corrected chi connectivity index (χ4v) is 12.3. The Kier molecular flexibility index (Phi) is 30.3. The molecule has 0 amide bonds. The zero-order valence-corrected chi connectivity index (χ0v) is 30.9. The predicted molar refractivity (Wildman–Crippen MR) is 192 cm³/mol. The zero-order valence-electron chi connectivity index (χ0n) is 29.9. The Morgan fingerprint density at radius 1 is 0.317 bits per heavy atom. The van der Waals surface area contributed by atoms with Crippen molar-refractivity contribution in [2.75, 3.05) is 0 Å². The molecule has 0 rings (SSSR count). The maximum absolute atomic E-state index is 12.5. The molecule has 0 aromatic heterocycles. The van der Waals surface area contributed by atoms with Gasteiger partial charge in [0.15, 0.2) is 8.32 Å². The second-order valence-electron chi connectivity index (χ2n) is 14.4. The summed E-state index contributed by atoms with van der Waals surface area (Å²) in [6.45, 7) is 14.3. The topological polar surface area (TPSA) is 20.2 Å². The first-order chi connectivity index (χ1) is 19.9. The number of rotatable bonds is 33. The average Bonchev–Trinajstić information content (AvgIpc) is 2.97. The normalized spacial score (nSPS) is 15.6. The van der Waals surface area contributed by atoms with Crippen LogP contribution in [-0.2, 0) is 0 Å². The van der Waals surface area contributed by atoms with E-state index in [4.69, 9.17) is 0 Å². The molecule has 3 unspecified atom stereocenters. The summed E-state index contributed by atoms with van der Waals surface area (Å²) < 4.78 is 0. The van der Waals surface area contributed by atoms with Crippen LogP contribution in [0.2, 0.25) is 16.6 Å². The molecular formula is C39H82OSi. The van der Waals surface area contributed by atoms with Crippen LogP contribution in [0.5, 0.6) is 0 Å². The van der Waals surface area contributed by atoms with Gasteiger partial charge in [0.25, 0.3) is 0 Å². The Hall–Kier alpha value is 0.177. The first-order valence-corrected chi connectivity index (χ1v) is 21.8. The van der Waals surface area contributed by atoms with Crippen LogP contribution in [0.25, 0.3) is 0 Å². The van der Waals surface area contributed by atoms with Gasteiger partial charge in [-0.15, -0.1) is 0 Å². The molecule has 0 aliphatic carbocycles. The highest BCUT2D eigenvalue weighted by molar-refractivity contribution is 6.76. The highest BCUT2D eigenvalue weighted by Gasteiger charge is 2.46. The highest BCUT2D eigenvalue weighted by atomic mass is 28.4. The van der Waals surface area contributed by atoms with Gasteiger partial charge in [-0.25, -0.2) is 0 Å². The number of hydrogen-bond donors (Lipinski definition) is 1. The van der Waals surface area contributed by atoms with E-state index in [-0.39, 0.29) is 0 Å². The van der Waals surface area contributed by atoms with Crippen LogP contribution in [0, 0.1) is 0 Å². The van der Waals surface area contributed by atoms with E-state index in [1.54, 1.807) is 0 Å². The summed E-state index contributed by atoms with van der Waals surface area (Å²) >= 11 is 0. The molecule has 0 bridgehead atoms. The lowest BCUT2D eigenvalue weighted by molar-refractivity contribution is 0.420. The lowest BCUT2D eigenvalue weighted by Gasteiger charge is -2.42. The maximum atomic E-state index is 12.5. The SMILES string of the molecule is CCCCCCCCCCCC(C)[Si](O)(C(C)CCCCCCCCCCC)C(C)CCCCCCCCCCC. The molecule has 0 spiro atoms. The largest absolute Gasteiger partial charge is 0.431 e. The highest BCUT2D eigenvalue weighted by Crippen LogP contribution is 2.46. The summed E-state index contributed by atoms with van der Waals surface area (Å²) in [5.41, 5.74) is 1.65. The lowest BCUT2D eigenvalue weighted by Crippen LogP contribution is -2.47. The van der Waals surface area contributed by atoms with Gasteiger partial charge in [-0.2, -0.15) is 0 Å². The van der Waals surface area contributed by atoms with Crippen molar-refractivity contribution in [3.05, 3.63) is 0 Å². The van der Waals surface area contributed by atoms with Gasteiger partial charge in [0.2, 0.25) is 0 Å². The maximum Gasteiger partial charge on any atom is 0.196 e. The standard InChI is InChI=1S/C39H82OSi/c1-7-10-13-16-19-22-25-28-31-34-37(4)41(40,38(5)35-32-29-26-23-20-17-14-11-8-2)39(6)36-33-30-27-24-21-18-15-12-9-3/h37-40H,7-36H2,1-6H3. The average molecular weight is 595 g/mol. The first-order valence-electron chi connectivity index (χ1n) is 19.7. The van der Waals surface area contributed by atoms with E-state index < -0.39 is 8.32 Å². The third-order valence-corrected chi connectivity index (χ3v) is 16.2. The summed E-state index contributed by atoms with van der Waals surface area (Å²) in [4.78, 5) is 12.5. The van der Waals surface area contributed by atoms with Gasteiger partial charge in [0, 0.05) is 0 Å². The Bertz CT molecular complexity index is 436. The molecule has 1 N–H and O–H groups in total. The van der Waals surface area contributed by atoms with Crippen molar-refractivity contribution in [3.8, 4) is 0 Å². The lowest BCUT2D eigenvalue weighted by atomic mass is 10.1. The van der Waals surface area contributed by atoms with Crippen LogP contribution in [-0.4, -0.2) is 13.1 Å². The third kappa shape index (κ3) is 22.4. The third-order valence-electron chi connectivity index (χ3n) is 10.6. The van der Waals surface area contributed by atoms with E-state index in [1.807, 2.05) is 0 Å². The number of hydrogen-bond acceptors (Lipinski definition) is 1. The van der Waals surface area contributed by atoms with Crippen LogP contribution in [0.1, 0.15) is 234 Å². The second kappa shape index (κ2) is 30.2. The van der Waals surface area contributed by atoms with Gasteiger partial charge in [-0.1, -0.05) is 234 Å². The Labute approximate surface area is 263 Å². The second-order valence-corrected chi connectivity index (χ2v) is 19.2. The van der Waals surface area contributed by atoms with Gasteiger partial charge >= 0.3 is 0 Å². The fourth-order valence-electron chi connectivity index (χ4n) is 7.43. The monoisotopic (exact) mass is 595 g/mol. The molecule has 0 aliphatic heterocycles. The minimum atomic E-state index is -2.33. The van der Waals surface area contributed by atoms with Crippen molar-refractivity contribution in [2.45, 2.75) is 251 Å². The molecule has 248 valence electrons. The molecular weight excluding hydrogens is 513 g/mol.